The van der Waals surface area contributed by atoms with Gasteiger partial charge in [-0.1, -0.05) is 37.9 Å². The van der Waals surface area contributed by atoms with E-state index < -0.39 is 12.1 Å². The van der Waals surface area contributed by atoms with Crippen LogP contribution in [-0.2, 0) is 11.2 Å². The normalized spacial score (nSPS) is 12.2. The predicted octanol–water partition coefficient (Wildman–Crippen LogP) is 3.92. The van der Waals surface area contributed by atoms with Crippen LogP contribution in [0, 0.1) is 0 Å². The first-order chi connectivity index (χ1) is 8.58. The van der Waals surface area contributed by atoms with Crippen molar-refractivity contribution in [1.29, 1.82) is 0 Å². The number of aliphatic carboxylic acids is 1. The molecule has 1 rings (SSSR count). The Balaban J connectivity index is 2.77. The Morgan fingerprint density at radius 3 is 2.67 bits per heavy atom. The second kappa shape index (κ2) is 7.27. The van der Waals surface area contributed by atoms with Gasteiger partial charge in [0, 0.05) is 0 Å². The van der Waals surface area contributed by atoms with Crippen LogP contribution in [0.4, 0.5) is 0 Å². The molecule has 0 aliphatic rings. The van der Waals surface area contributed by atoms with Gasteiger partial charge in [0.25, 0.3) is 0 Å². The number of hydrogen-bond acceptors (Lipinski definition) is 2. The summed E-state index contributed by atoms with van der Waals surface area (Å²) in [6.45, 7) is 4.05. The Bertz CT molecular complexity index is 404. The van der Waals surface area contributed by atoms with Crippen molar-refractivity contribution in [3.8, 4) is 5.75 Å². The molecule has 1 unspecified atom stereocenters. The van der Waals surface area contributed by atoms with Crippen molar-refractivity contribution in [1.82, 2.24) is 0 Å². The zero-order chi connectivity index (χ0) is 13.5. The lowest BCUT2D eigenvalue weighted by Gasteiger charge is -2.16. The predicted molar refractivity (Wildman–Crippen MR) is 72.4 cm³/mol. The van der Waals surface area contributed by atoms with Crippen LogP contribution < -0.4 is 4.74 Å². The maximum atomic E-state index is 11.1. The van der Waals surface area contributed by atoms with Crippen molar-refractivity contribution in [2.24, 2.45) is 0 Å². The molecule has 0 aliphatic carbocycles. The minimum absolute atomic E-state index is 0.442. The summed E-state index contributed by atoms with van der Waals surface area (Å²) in [7, 11) is 0. The second-order valence-corrected chi connectivity index (χ2v) is 4.61. The van der Waals surface area contributed by atoms with E-state index in [4.69, 9.17) is 21.4 Å². The largest absolute Gasteiger partial charge is 0.479 e. The number of ether oxygens (including phenoxy) is 1. The monoisotopic (exact) mass is 270 g/mol. The van der Waals surface area contributed by atoms with Crippen molar-refractivity contribution in [3.05, 3.63) is 28.8 Å². The number of benzene rings is 1. The van der Waals surface area contributed by atoms with E-state index in [1.807, 2.05) is 26.0 Å². The van der Waals surface area contributed by atoms with Crippen molar-refractivity contribution in [3.63, 3.8) is 0 Å². The fraction of sp³-hybridized carbons (Fsp3) is 0.500. The van der Waals surface area contributed by atoms with Gasteiger partial charge >= 0.3 is 5.97 Å². The van der Waals surface area contributed by atoms with Gasteiger partial charge in [-0.2, -0.15) is 0 Å². The van der Waals surface area contributed by atoms with E-state index in [0.717, 1.165) is 24.8 Å². The lowest BCUT2D eigenvalue weighted by atomic mass is 10.1. The van der Waals surface area contributed by atoms with E-state index in [9.17, 15) is 4.79 Å². The van der Waals surface area contributed by atoms with Crippen LogP contribution in [0.5, 0.6) is 5.75 Å². The first-order valence-corrected chi connectivity index (χ1v) is 6.64. The van der Waals surface area contributed by atoms with Gasteiger partial charge in [-0.15, -0.1) is 0 Å². The van der Waals surface area contributed by atoms with Gasteiger partial charge in [0.15, 0.2) is 6.10 Å². The third-order valence-corrected chi connectivity index (χ3v) is 3.06. The highest BCUT2D eigenvalue weighted by atomic mass is 35.5. The fourth-order valence-corrected chi connectivity index (χ4v) is 1.88. The standard InChI is InChI=1S/C14H19ClO3/c1-3-5-6-13(14(16)17)18-12-8-7-10(4-2)9-11(12)15/h7-9,13H,3-6H2,1-2H3,(H,16,17). The summed E-state index contributed by atoms with van der Waals surface area (Å²) in [5, 5.41) is 9.55. The van der Waals surface area contributed by atoms with Crippen LogP contribution in [0.1, 0.15) is 38.7 Å². The molecule has 3 nitrogen and oxygen atoms in total. The Morgan fingerprint density at radius 1 is 1.44 bits per heavy atom. The van der Waals surface area contributed by atoms with Gasteiger partial charge in [-0.25, -0.2) is 4.79 Å². The lowest BCUT2D eigenvalue weighted by Crippen LogP contribution is -2.27. The topological polar surface area (TPSA) is 46.5 Å². The quantitative estimate of drug-likeness (QED) is 0.817. The summed E-state index contributed by atoms with van der Waals surface area (Å²) in [6, 6.07) is 5.46. The minimum atomic E-state index is -0.945. The zero-order valence-electron chi connectivity index (χ0n) is 10.8. The molecule has 4 heteroatoms. The first kappa shape index (κ1) is 14.8. The molecule has 0 heterocycles. The molecular formula is C14H19ClO3. The summed E-state index contributed by atoms with van der Waals surface area (Å²) < 4.78 is 5.48. The average Bonchev–Trinajstić information content (AvgIpc) is 2.35. The number of halogens is 1. The average molecular weight is 271 g/mol. The van der Waals surface area contributed by atoms with Crippen LogP contribution in [0.15, 0.2) is 18.2 Å². The van der Waals surface area contributed by atoms with Gasteiger partial charge in [0.05, 0.1) is 5.02 Å². The number of carboxylic acids is 1. The molecule has 0 amide bonds. The molecule has 18 heavy (non-hydrogen) atoms. The summed E-state index contributed by atoms with van der Waals surface area (Å²) in [5.74, 6) is -0.503. The molecule has 0 saturated heterocycles. The smallest absolute Gasteiger partial charge is 0.344 e. The van der Waals surface area contributed by atoms with Crippen molar-refractivity contribution >= 4 is 17.6 Å². The number of aryl methyl sites for hydroxylation is 1. The van der Waals surface area contributed by atoms with Crippen LogP contribution in [0.3, 0.4) is 0 Å². The van der Waals surface area contributed by atoms with E-state index in [2.05, 4.69) is 0 Å². The van der Waals surface area contributed by atoms with Crippen molar-refractivity contribution in [2.45, 2.75) is 45.6 Å². The molecule has 1 N–H and O–H groups in total. The maximum absolute atomic E-state index is 11.1. The fourth-order valence-electron chi connectivity index (χ4n) is 1.64. The molecule has 100 valence electrons. The number of carboxylic acid groups (broad SMARTS) is 1. The highest BCUT2D eigenvalue weighted by Crippen LogP contribution is 2.27. The second-order valence-electron chi connectivity index (χ2n) is 4.21. The molecule has 1 aromatic rings. The molecule has 0 aromatic heterocycles. The Morgan fingerprint density at radius 2 is 2.17 bits per heavy atom. The van der Waals surface area contributed by atoms with Gasteiger partial charge in [0.2, 0.25) is 0 Å². The third-order valence-electron chi connectivity index (χ3n) is 2.77. The number of carbonyl (C=O) groups is 1. The molecule has 0 aliphatic heterocycles. The summed E-state index contributed by atoms with van der Waals surface area (Å²) >= 11 is 6.07. The summed E-state index contributed by atoms with van der Waals surface area (Å²) in [5.41, 5.74) is 1.10. The van der Waals surface area contributed by atoms with Crippen molar-refractivity contribution in [2.75, 3.05) is 0 Å². The molecule has 0 bridgehead atoms. The van der Waals surface area contributed by atoms with E-state index in [-0.39, 0.29) is 0 Å². The first-order valence-electron chi connectivity index (χ1n) is 6.26. The molecule has 1 aromatic carbocycles. The van der Waals surface area contributed by atoms with Gasteiger partial charge < -0.3 is 9.84 Å². The minimum Gasteiger partial charge on any atom is -0.479 e. The SMILES string of the molecule is CCCCC(Oc1ccc(CC)cc1Cl)C(=O)O. The molecule has 0 fully saturated rings. The Hall–Kier alpha value is -1.22. The molecule has 0 radical (unpaired) electrons. The van der Waals surface area contributed by atoms with Gasteiger partial charge in [-0.3, -0.25) is 0 Å². The molecule has 1 atom stereocenters. The van der Waals surface area contributed by atoms with Crippen LogP contribution in [0.25, 0.3) is 0 Å². The van der Waals surface area contributed by atoms with Crippen LogP contribution >= 0.6 is 11.6 Å². The Labute approximate surface area is 113 Å². The summed E-state index contributed by atoms with van der Waals surface area (Å²) in [6.07, 6.45) is 2.32. The highest BCUT2D eigenvalue weighted by Gasteiger charge is 2.19. The third kappa shape index (κ3) is 4.22. The molecule has 0 saturated carbocycles. The number of hydrogen-bond donors (Lipinski definition) is 1. The van der Waals surface area contributed by atoms with Crippen LogP contribution in [-0.4, -0.2) is 17.2 Å². The Kier molecular flexibility index (Phi) is 5.99. The molecule has 0 spiro atoms. The van der Waals surface area contributed by atoms with E-state index in [1.165, 1.54) is 0 Å². The van der Waals surface area contributed by atoms with E-state index in [0.29, 0.717) is 17.2 Å². The lowest BCUT2D eigenvalue weighted by molar-refractivity contribution is -0.145. The van der Waals surface area contributed by atoms with Crippen LogP contribution in [0.2, 0.25) is 5.02 Å². The highest BCUT2D eigenvalue weighted by molar-refractivity contribution is 6.32. The summed E-state index contributed by atoms with van der Waals surface area (Å²) in [4.78, 5) is 11.1. The van der Waals surface area contributed by atoms with Crippen molar-refractivity contribution < 1.29 is 14.6 Å². The van der Waals surface area contributed by atoms with E-state index in [1.54, 1.807) is 6.07 Å². The number of unbranched alkanes of at least 4 members (excludes halogenated alkanes) is 1. The molecular weight excluding hydrogens is 252 g/mol. The number of rotatable bonds is 7. The van der Waals surface area contributed by atoms with Gasteiger partial charge in [-0.05, 0) is 37.0 Å². The maximum Gasteiger partial charge on any atom is 0.344 e. The zero-order valence-corrected chi connectivity index (χ0v) is 11.5. The van der Waals surface area contributed by atoms with E-state index >= 15 is 0 Å². The van der Waals surface area contributed by atoms with Gasteiger partial charge in [0.1, 0.15) is 5.75 Å².